The largest absolute Gasteiger partial charge is 0.379 e. The molecule has 0 aliphatic heterocycles. The molecule has 0 saturated heterocycles. The Morgan fingerprint density at radius 3 is 1.52 bits per heavy atom. The second-order valence-electron chi connectivity index (χ2n) is 21.3. The molecule has 4 N–H and O–H groups in total. The van der Waals surface area contributed by atoms with Crippen LogP contribution < -0.4 is 21.3 Å². The normalized spacial score (nSPS) is 13.9. The summed E-state index contributed by atoms with van der Waals surface area (Å²) in [6, 6.07) is 3.21. The number of ether oxygens (including phenoxy) is 4. The zero-order valence-corrected chi connectivity index (χ0v) is 38.3. The van der Waals surface area contributed by atoms with Gasteiger partial charge in [0.25, 0.3) is 0 Å². The Balaban J connectivity index is 2.84. The highest BCUT2D eigenvalue weighted by molar-refractivity contribution is 5.94. The first-order valence-electron chi connectivity index (χ1n) is 19.8. The number of carbonyl (C=O) groups is 2. The summed E-state index contributed by atoms with van der Waals surface area (Å²) in [5.41, 5.74) is 1.05. The van der Waals surface area contributed by atoms with E-state index in [1.807, 2.05) is 53.7 Å². The van der Waals surface area contributed by atoms with Crippen molar-refractivity contribution in [2.75, 3.05) is 44.6 Å². The molecule has 0 heterocycles. The minimum absolute atomic E-state index is 0.0204. The van der Waals surface area contributed by atoms with Crippen LogP contribution in [-0.4, -0.2) is 74.0 Å². The molecule has 0 saturated carbocycles. The molecule has 0 aliphatic rings. The summed E-state index contributed by atoms with van der Waals surface area (Å²) in [6.07, 6.45) is 4.14. The van der Waals surface area contributed by atoms with Gasteiger partial charge in [-0.25, -0.2) is 9.59 Å². The summed E-state index contributed by atoms with van der Waals surface area (Å²) >= 11 is 0. The Bertz CT molecular complexity index is 1380. The minimum Gasteiger partial charge on any atom is -0.379 e. The Labute approximate surface area is 330 Å². The highest BCUT2D eigenvalue weighted by Crippen LogP contribution is 2.41. The van der Waals surface area contributed by atoms with Gasteiger partial charge in [-0.1, -0.05) is 47.6 Å². The average Bonchev–Trinajstić information content (AvgIpc) is 2.94. The maximum atomic E-state index is 13.4. The van der Waals surface area contributed by atoms with Crippen LogP contribution in [0.25, 0.3) is 0 Å². The van der Waals surface area contributed by atoms with Crippen molar-refractivity contribution in [3.05, 3.63) is 23.3 Å². The molecule has 0 atom stereocenters. The third-order valence-electron chi connectivity index (χ3n) is 10.0. The van der Waals surface area contributed by atoms with Crippen LogP contribution in [0, 0.1) is 30.1 Å². The summed E-state index contributed by atoms with van der Waals surface area (Å²) in [4.78, 5) is 26.6. The SMILES string of the molecule is COC(C)(C)CCOC(C)(C)CC(C)(C)CC(C)(C)CNC(=O)Nc1cc(NC(=O)NC(C)(C)CC(C)(C)CC(C)(C)OCC(C)(C)OC)c(C)cc1C. The van der Waals surface area contributed by atoms with E-state index in [0.717, 1.165) is 43.2 Å². The quantitative estimate of drug-likeness (QED) is 0.0934. The predicted octanol–water partition coefficient (Wildman–Crippen LogP) is 10.8. The van der Waals surface area contributed by atoms with Crippen molar-refractivity contribution in [2.45, 2.75) is 185 Å². The highest BCUT2D eigenvalue weighted by Gasteiger charge is 2.37. The second kappa shape index (κ2) is 18.7. The molecule has 0 aromatic heterocycles. The molecule has 0 fully saturated rings. The first kappa shape index (κ1) is 49.6. The zero-order valence-electron chi connectivity index (χ0n) is 38.3. The van der Waals surface area contributed by atoms with Crippen LogP contribution >= 0.6 is 0 Å². The number of aryl methyl sites for hydroxylation is 2. The van der Waals surface area contributed by atoms with Gasteiger partial charge in [0.2, 0.25) is 0 Å². The monoisotopic (exact) mass is 763 g/mol. The maximum Gasteiger partial charge on any atom is 0.319 e. The van der Waals surface area contributed by atoms with Gasteiger partial charge in [0.15, 0.2) is 0 Å². The van der Waals surface area contributed by atoms with Crippen LogP contribution in [0.5, 0.6) is 0 Å². The lowest BCUT2D eigenvalue weighted by Gasteiger charge is -2.41. The molecule has 1 aromatic rings. The van der Waals surface area contributed by atoms with Gasteiger partial charge in [-0.05, 0) is 149 Å². The smallest absolute Gasteiger partial charge is 0.319 e. The lowest BCUT2D eigenvalue weighted by molar-refractivity contribution is -0.119. The molecule has 4 amide bonds. The Hall–Kier alpha value is -2.40. The fraction of sp³-hybridized carbons (Fsp3) is 0.818. The van der Waals surface area contributed by atoms with Crippen LogP contribution in [0.3, 0.4) is 0 Å². The van der Waals surface area contributed by atoms with Crippen molar-refractivity contribution in [3.8, 4) is 0 Å². The van der Waals surface area contributed by atoms with Crippen LogP contribution in [-0.2, 0) is 18.9 Å². The number of nitrogens with one attached hydrogen (secondary N) is 4. The van der Waals surface area contributed by atoms with Crippen molar-refractivity contribution >= 4 is 23.4 Å². The third kappa shape index (κ3) is 19.5. The topological polar surface area (TPSA) is 119 Å². The summed E-state index contributed by atoms with van der Waals surface area (Å²) < 4.78 is 23.7. The number of urea groups is 2. The van der Waals surface area contributed by atoms with E-state index in [1.165, 1.54) is 0 Å². The number of carbonyl (C=O) groups excluding carboxylic acids is 2. The predicted molar refractivity (Wildman–Crippen MR) is 226 cm³/mol. The van der Waals surface area contributed by atoms with E-state index in [9.17, 15) is 9.59 Å². The molecule has 10 nitrogen and oxygen atoms in total. The Morgan fingerprint density at radius 2 is 1.02 bits per heavy atom. The number of benzene rings is 1. The molecule has 1 aromatic carbocycles. The number of amides is 4. The van der Waals surface area contributed by atoms with Gasteiger partial charge in [0.05, 0.1) is 35.6 Å². The van der Waals surface area contributed by atoms with E-state index in [-0.39, 0.29) is 50.7 Å². The van der Waals surface area contributed by atoms with Gasteiger partial charge in [0.1, 0.15) is 0 Å². The minimum atomic E-state index is -0.500. The molecule has 0 unspecified atom stereocenters. The van der Waals surface area contributed by atoms with E-state index in [4.69, 9.17) is 18.9 Å². The Morgan fingerprint density at radius 1 is 0.556 bits per heavy atom. The number of methoxy groups -OCH3 is 2. The van der Waals surface area contributed by atoms with Crippen LogP contribution in [0.2, 0.25) is 0 Å². The first-order valence-corrected chi connectivity index (χ1v) is 19.8. The van der Waals surface area contributed by atoms with Gasteiger partial charge in [-0.15, -0.1) is 0 Å². The standard InChI is InChI=1S/C44H82N4O6/c1-31-23-32(2)34(47-36(50)48-40(9,10)26-38(5,6)28-43(15,16)54-30-44(17,18)52-20)24-33(31)46-35(49)45-29-39(7,8)25-37(3,4)27-42(13,14)53-22-21-41(11,12)51-19/h23-24H,21-22,25-30H2,1-20H3,(H2,45,46,49)(H2,47,48,50). The number of rotatable bonds is 22. The lowest BCUT2D eigenvalue weighted by atomic mass is 9.70. The molecule has 314 valence electrons. The van der Waals surface area contributed by atoms with Crippen LogP contribution in [0.4, 0.5) is 21.0 Å². The zero-order chi connectivity index (χ0) is 42.2. The van der Waals surface area contributed by atoms with E-state index >= 15 is 0 Å². The summed E-state index contributed by atoms with van der Waals surface area (Å²) in [5.74, 6) is 0. The van der Waals surface area contributed by atoms with E-state index < -0.39 is 5.54 Å². The number of hydrogen-bond donors (Lipinski definition) is 4. The molecule has 0 aliphatic carbocycles. The fourth-order valence-corrected chi connectivity index (χ4v) is 8.30. The highest BCUT2D eigenvalue weighted by atomic mass is 16.5. The van der Waals surface area contributed by atoms with Gasteiger partial charge < -0.3 is 40.2 Å². The molecule has 0 bridgehead atoms. The van der Waals surface area contributed by atoms with Crippen LogP contribution in [0.15, 0.2) is 12.1 Å². The summed E-state index contributed by atoms with van der Waals surface area (Å²) in [7, 11) is 3.43. The van der Waals surface area contributed by atoms with Crippen molar-refractivity contribution in [1.29, 1.82) is 0 Å². The van der Waals surface area contributed by atoms with Gasteiger partial charge >= 0.3 is 12.1 Å². The van der Waals surface area contributed by atoms with Crippen molar-refractivity contribution in [1.82, 2.24) is 10.6 Å². The third-order valence-corrected chi connectivity index (χ3v) is 10.0. The van der Waals surface area contributed by atoms with Crippen molar-refractivity contribution in [3.63, 3.8) is 0 Å². The number of hydrogen-bond acceptors (Lipinski definition) is 6. The fourth-order valence-electron chi connectivity index (χ4n) is 8.30. The van der Waals surface area contributed by atoms with Crippen molar-refractivity contribution < 1.29 is 28.5 Å². The summed E-state index contributed by atoms with van der Waals surface area (Å²) in [6.45, 7) is 39.6. The van der Waals surface area contributed by atoms with Gasteiger partial charge in [-0.2, -0.15) is 0 Å². The molecule has 1 rings (SSSR count). The van der Waals surface area contributed by atoms with Gasteiger partial charge in [-0.3, -0.25) is 0 Å². The summed E-state index contributed by atoms with van der Waals surface area (Å²) in [5, 5.41) is 12.3. The van der Waals surface area contributed by atoms with E-state index in [2.05, 4.69) is 104 Å². The van der Waals surface area contributed by atoms with E-state index in [1.54, 1.807) is 14.2 Å². The van der Waals surface area contributed by atoms with Gasteiger partial charge in [0, 0.05) is 37.7 Å². The maximum absolute atomic E-state index is 13.4. The van der Waals surface area contributed by atoms with Crippen molar-refractivity contribution in [2.24, 2.45) is 16.2 Å². The number of anilines is 2. The van der Waals surface area contributed by atoms with Crippen LogP contribution in [0.1, 0.15) is 154 Å². The second-order valence-corrected chi connectivity index (χ2v) is 21.3. The Kier molecular flexibility index (Phi) is 17.2. The molecule has 54 heavy (non-hydrogen) atoms. The lowest BCUT2D eigenvalue weighted by Crippen LogP contribution is -2.49. The average molecular weight is 763 g/mol. The van der Waals surface area contributed by atoms with E-state index in [0.29, 0.717) is 31.1 Å². The molecule has 0 spiro atoms. The molecular weight excluding hydrogens is 681 g/mol. The molecular formula is C44H82N4O6. The first-order chi connectivity index (χ1) is 24.1. The molecule has 0 radical (unpaired) electrons. The molecule has 10 heteroatoms.